The van der Waals surface area contributed by atoms with Crippen LogP contribution in [0.3, 0.4) is 0 Å². The van der Waals surface area contributed by atoms with E-state index in [1.54, 1.807) is 31.4 Å². The second-order valence-corrected chi connectivity index (χ2v) is 5.36. The maximum absolute atomic E-state index is 11.0. The highest BCUT2D eigenvalue weighted by molar-refractivity contribution is 5.71. The molecule has 0 saturated carbocycles. The van der Waals surface area contributed by atoms with Crippen LogP contribution in [0.5, 0.6) is 11.5 Å². The molecule has 2 aromatic rings. The van der Waals surface area contributed by atoms with E-state index < -0.39 is 0 Å². The van der Waals surface area contributed by atoms with Gasteiger partial charge in [-0.05, 0) is 43.2 Å². The first-order valence-electron chi connectivity index (χ1n) is 7.73. The van der Waals surface area contributed by atoms with Gasteiger partial charge in [-0.1, -0.05) is 30.3 Å². The van der Waals surface area contributed by atoms with Gasteiger partial charge in [-0.3, -0.25) is 4.79 Å². The maximum atomic E-state index is 11.0. The number of hydrogen-bond donors (Lipinski definition) is 2. The minimum absolute atomic E-state index is 0.0879. The lowest BCUT2D eigenvalue weighted by atomic mass is 10.1. The van der Waals surface area contributed by atoms with E-state index in [9.17, 15) is 4.79 Å². The quantitative estimate of drug-likeness (QED) is 0.823. The van der Waals surface area contributed by atoms with Crippen LogP contribution in [0.25, 0.3) is 0 Å². The van der Waals surface area contributed by atoms with Crippen molar-refractivity contribution in [3.05, 3.63) is 59.7 Å². The summed E-state index contributed by atoms with van der Waals surface area (Å²) in [5.41, 5.74) is 7.35. The smallest absolute Gasteiger partial charge is 0.319 e. The average Bonchev–Trinajstić information content (AvgIpc) is 2.57. The van der Waals surface area contributed by atoms with Gasteiger partial charge in [0.15, 0.2) is 0 Å². The van der Waals surface area contributed by atoms with Crippen molar-refractivity contribution >= 4 is 5.97 Å². The van der Waals surface area contributed by atoms with E-state index in [1.807, 2.05) is 38.1 Å². The van der Waals surface area contributed by atoms with Gasteiger partial charge >= 0.3 is 5.97 Å². The van der Waals surface area contributed by atoms with Crippen molar-refractivity contribution < 1.29 is 19.4 Å². The summed E-state index contributed by atoms with van der Waals surface area (Å²) in [6.45, 7) is 3.76. The third kappa shape index (κ3) is 7.15. The molecule has 0 spiro atoms. The Hall–Kier alpha value is -2.53. The minimum Gasteiger partial charge on any atom is -0.508 e. The zero-order chi connectivity index (χ0) is 17.9. The summed E-state index contributed by atoms with van der Waals surface area (Å²) < 4.78 is 10.4. The largest absolute Gasteiger partial charge is 0.508 e. The molecule has 0 bridgehead atoms. The lowest BCUT2D eigenvalue weighted by Crippen LogP contribution is -2.23. The first-order chi connectivity index (χ1) is 11.5. The summed E-state index contributed by atoms with van der Waals surface area (Å²) in [5, 5.41) is 8.63. The fourth-order valence-corrected chi connectivity index (χ4v) is 2.07. The second kappa shape index (κ2) is 10.3. The van der Waals surface area contributed by atoms with Gasteiger partial charge in [0.25, 0.3) is 0 Å². The van der Waals surface area contributed by atoms with Crippen molar-refractivity contribution in [2.75, 3.05) is 13.7 Å². The zero-order valence-corrected chi connectivity index (χ0v) is 14.4. The number of carbonyl (C=O) groups is 1. The fourth-order valence-electron chi connectivity index (χ4n) is 2.07. The number of phenols is 1. The molecule has 0 fully saturated rings. The molecule has 1 unspecified atom stereocenters. The Morgan fingerprint density at radius 2 is 1.88 bits per heavy atom. The molecule has 24 heavy (non-hydrogen) atoms. The van der Waals surface area contributed by atoms with Gasteiger partial charge < -0.3 is 20.3 Å². The second-order valence-electron chi connectivity index (χ2n) is 5.36. The van der Waals surface area contributed by atoms with Crippen LogP contribution in [0, 0.1) is 6.92 Å². The number of aryl methyl sites for hydroxylation is 1. The molecule has 5 heteroatoms. The molecule has 0 aliphatic rings. The van der Waals surface area contributed by atoms with Crippen LogP contribution >= 0.6 is 0 Å². The maximum Gasteiger partial charge on any atom is 0.319 e. The van der Waals surface area contributed by atoms with Crippen molar-refractivity contribution in [1.82, 2.24) is 0 Å². The number of rotatable bonds is 5. The molecule has 3 N–H and O–H groups in total. The van der Waals surface area contributed by atoms with Gasteiger partial charge in [0.1, 0.15) is 17.6 Å². The molecule has 2 rings (SSSR count). The zero-order valence-electron chi connectivity index (χ0n) is 14.4. The molecular formula is C19H25NO4. The third-order valence-electron chi connectivity index (χ3n) is 3.21. The van der Waals surface area contributed by atoms with Gasteiger partial charge in [-0.15, -0.1) is 0 Å². The highest BCUT2D eigenvalue weighted by atomic mass is 16.5. The van der Waals surface area contributed by atoms with E-state index in [-0.39, 0.29) is 18.6 Å². The first-order valence-corrected chi connectivity index (χ1v) is 7.73. The summed E-state index contributed by atoms with van der Waals surface area (Å²) >= 11 is 0. The summed E-state index contributed by atoms with van der Waals surface area (Å²) in [6.07, 6.45) is 0.414. The molecule has 0 amide bonds. The van der Waals surface area contributed by atoms with Crippen LogP contribution in [0.2, 0.25) is 0 Å². The molecule has 0 saturated heterocycles. The number of para-hydroxylation sites is 1. The summed E-state index contributed by atoms with van der Waals surface area (Å²) in [4.78, 5) is 11.0. The standard InChI is InChI=1S/C13H19NO3.C6H6O/c1-9-4-5-11(12(6-9)16-3)7-10(2)17-13(15)8-14;7-6-4-2-1-3-5-6/h4-6,10H,7-8,14H2,1-3H3;1-5,7H. The predicted octanol–water partition coefficient (Wildman–Crippen LogP) is 2.83. The average molecular weight is 331 g/mol. The molecule has 1 atom stereocenters. The number of benzene rings is 2. The van der Waals surface area contributed by atoms with Gasteiger partial charge in [-0.25, -0.2) is 0 Å². The molecule has 130 valence electrons. The number of methoxy groups -OCH3 is 1. The number of hydrogen-bond acceptors (Lipinski definition) is 5. The minimum atomic E-state index is -0.386. The lowest BCUT2D eigenvalue weighted by Gasteiger charge is -2.15. The molecule has 0 aliphatic heterocycles. The lowest BCUT2D eigenvalue weighted by molar-refractivity contribution is -0.146. The van der Waals surface area contributed by atoms with E-state index in [0.717, 1.165) is 16.9 Å². The number of aromatic hydroxyl groups is 1. The number of phenolic OH excluding ortho intramolecular Hbond substituents is 1. The Balaban J connectivity index is 0.000000341. The molecule has 0 aliphatic carbocycles. The van der Waals surface area contributed by atoms with E-state index in [2.05, 4.69) is 0 Å². The Bertz CT molecular complexity index is 629. The number of nitrogens with two attached hydrogens (primary N) is 1. The van der Waals surface area contributed by atoms with Crippen LogP contribution in [0.15, 0.2) is 48.5 Å². The van der Waals surface area contributed by atoms with Crippen molar-refractivity contribution in [2.24, 2.45) is 5.73 Å². The third-order valence-corrected chi connectivity index (χ3v) is 3.21. The molecular weight excluding hydrogens is 306 g/mol. The summed E-state index contributed by atoms with van der Waals surface area (Å²) in [6, 6.07) is 14.7. The highest BCUT2D eigenvalue weighted by Crippen LogP contribution is 2.21. The van der Waals surface area contributed by atoms with Crippen molar-refractivity contribution in [3.8, 4) is 11.5 Å². The topological polar surface area (TPSA) is 81.8 Å². The molecule has 5 nitrogen and oxygen atoms in total. The van der Waals surface area contributed by atoms with Gasteiger partial charge in [0.05, 0.1) is 13.7 Å². The number of carbonyl (C=O) groups excluding carboxylic acids is 1. The van der Waals surface area contributed by atoms with E-state index in [4.69, 9.17) is 20.3 Å². The van der Waals surface area contributed by atoms with Crippen molar-refractivity contribution in [3.63, 3.8) is 0 Å². The van der Waals surface area contributed by atoms with E-state index in [1.165, 1.54) is 0 Å². The molecule has 2 aromatic carbocycles. The fraction of sp³-hybridized carbons (Fsp3) is 0.316. The summed E-state index contributed by atoms with van der Waals surface area (Å²) in [7, 11) is 1.63. The highest BCUT2D eigenvalue weighted by Gasteiger charge is 2.12. The Morgan fingerprint density at radius 1 is 1.21 bits per heavy atom. The van der Waals surface area contributed by atoms with Gasteiger partial charge in [0, 0.05) is 6.42 Å². The molecule has 0 heterocycles. The predicted molar refractivity (Wildman–Crippen MR) is 94.2 cm³/mol. The normalized spacial score (nSPS) is 11.0. The van der Waals surface area contributed by atoms with Crippen LogP contribution in [0.4, 0.5) is 0 Å². The SMILES string of the molecule is COc1cc(C)ccc1CC(C)OC(=O)CN.Oc1ccccc1. The van der Waals surface area contributed by atoms with Gasteiger partial charge in [-0.2, -0.15) is 0 Å². The van der Waals surface area contributed by atoms with Crippen LogP contribution in [-0.4, -0.2) is 30.8 Å². The molecule has 0 aromatic heterocycles. The summed E-state index contributed by atoms with van der Waals surface area (Å²) in [5.74, 6) is 0.756. The Kier molecular flexibility index (Phi) is 8.36. The van der Waals surface area contributed by atoms with Gasteiger partial charge in [0.2, 0.25) is 0 Å². The Morgan fingerprint density at radius 3 is 2.38 bits per heavy atom. The Labute approximate surface area is 143 Å². The van der Waals surface area contributed by atoms with Crippen LogP contribution in [0.1, 0.15) is 18.1 Å². The van der Waals surface area contributed by atoms with Crippen molar-refractivity contribution in [2.45, 2.75) is 26.4 Å². The number of ether oxygens (including phenoxy) is 2. The molecule has 0 radical (unpaired) electrons. The van der Waals surface area contributed by atoms with E-state index in [0.29, 0.717) is 12.2 Å². The van der Waals surface area contributed by atoms with Crippen LogP contribution < -0.4 is 10.5 Å². The van der Waals surface area contributed by atoms with E-state index >= 15 is 0 Å². The van der Waals surface area contributed by atoms with Crippen LogP contribution in [-0.2, 0) is 16.0 Å². The first kappa shape index (κ1) is 19.5. The number of esters is 1. The monoisotopic (exact) mass is 331 g/mol. The van der Waals surface area contributed by atoms with Crippen molar-refractivity contribution in [1.29, 1.82) is 0 Å².